The highest BCUT2D eigenvalue weighted by molar-refractivity contribution is 14.1. The van der Waals surface area contributed by atoms with Crippen LogP contribution >= 0.6 is 22.6 Å². The lowest BCUT2D eigenvalue weighted by Gasteiger charge is -2.07. The standard InChI is InChI=1S/C12H14IN3O/c1-2-6-16-12(14-9-15-16)8-17-11-5-3-4-10(13)7-11/h3-5,7,9H,2,6,8H2,1H3. The number of hydrogen-bond acceptors (Lipinski definition) is 3. The molecule has 0 saturated carbocycles. The van der Waals surface area contributed by atoms with E-state index in [1.807, 2.05) is 28.9 Å². The Morgan fingerprint density at radius 3 is 3.06 bits per heavy atom. The van der Waals surface area contributed by atoms with Crippen LogP contribution in [-0.2, 0) is 13.2 Å². The molecule has 1 heterocycles. The Morgan fingerprint density at radius 1 is 1.41 bits per heavy atom. The minimum atomic E-state index is 0.458. The third kappa shape index (κ3) is 3.42. The van der Waals surface area contributed by atoms with E-state index < -0.39 is 0 Å². The van der Waals surface area contributed by atoms with Gasteiger partial charge in [-0.15, -0.1) is 0 Å². The first-order valence-corrected chi connectivity index (χ1v) is 6.62. The Kier molecular flexibility index (Phi) is 4.36. The van der Waals surface area contributed by atoms with Crippen molar-refractivity contribution in [1.82, 2.24) is 14.8 Å². The fraction of sp³-hybridized carbons (Fsp3) is 0.333. The largest absolute Gasteiger partial charge is 0.486 e. The smallest absolute Gasteiger partial charge is 0.164 e. The van der Waals surface area contributed by atoms with Crippen molar-refractivity contribution in [2.75, 3.05) is 0 Å². The maximum absolute atomic E-state index is 5.69. The summed E-state index contributed by atoms with van der Waals surface area (Å²) in [6.45, 7) is 3.46. The first-order chi connectivity index (χ1) is 8.29. The van der Waals surface area contributed by atoms with Crippen LogP contribution in [0.4, 0.5) is 0 Å². The minimum Gasteiger partial charge on any atom is -0.486 e. The number of benzene rings is 1. The van der Waals surface area contributed by atoms with Gasteiger partial charge >= 0.3 is 0 Å². The Bertz CT molecular complexity index is 484. The van der Waals surface area contributed by atoms with Crippen LogP contribution in [0.5, 0.6) is 5.75 Å². The zero-order valence-corrected chi connectivity index (χ0v) is 11.8. The van der Waals surface area contributed by atoms with E-state index in [2.05, 4.69) is 39.6 Å². The van der Waals surface area contributed by atoms with E-state index in [4.69, 9.17) is 4.74 Å². The summed E-state index contributed by atoms with van der Waals surface area (Å²) in [5.74, 6) is 1.73. The topological polar surface area (TPSA) is 39.9 Å². The SMILES string of the molecule is CCCn1ncnc1COc1cccc(I)c1. The van der Waals surface area contributed by atoms with Crippen molar-refractivity contribution in [2.24, 2.45) is 0 Å². The number of halogens is 1. The predicted molar refractivity (Wildman–Crippen MR) is 73.8 cm³/mol. The van der Waals surface area contributed by atoms with Gasteiger partial charge < -0.3 is 4.74 Å². The van der Waals surface area contributed by atoms with E-state index >= 15 is 0 Å². The lowest BCUT2D eigenvalue weighted by Crippen LogP contribution is -2.08. The molecule has 0 bridgehead atoms. The molecule has 0 spiro atoms. The molecular formula is C12H14IN3O. The van der Waals surface area contributed by atoms with Crippen molar-refractivity contribution in [3.8, 4) is 5.75 Å². The lowest BCUT2D eigenvalue weighted by atomic mass is 10.3. The Hall–Kier alpha value is -1.11. The summed E-state index contributed by atoms with van der Waals surface area (Å²) in [6, 6.07) is 7.96. The van der Waals surface area contributed by atoms with Gasteiger partial charge in [-0.05, 0) is 47.2 Å². The molecule has 4 nitrogen and oxygen atoms in total. The van der Waals surface area contributed by atoms with Gasteiger partial charge in [-0.2, -0.15) is 5.10 Å². The zero-order chi connectivity index (χ0) is 12.1. The van der Waals surface area contributed by atoms with Gasteiger partial charge in [-0.3, -0.25) is 0 Å². The maximum Gasteiger partial charge on any atom is 0.164 e. The third-order valence-electron chi connectivity index (χ3n) is 2.30. The van der Waals surface area contributed by atoms with Crippen molar-refractivity contribution < 1.29 is 4.74 Å². The highest BCUT2D eigenvalue weighted by atomic mass is 127. The van der Waals surface area contributed by atoms with E-state index in [0.29, 0.717) is 6.61 Å². The first kappa shape index (κ1) is 12.3. The highest BCUT2D eigenvalue weighted by Gasteiger charge is 2.04. The quantitative estimate of drug-likeness (QED) is 0.784. The van der Waals surface area contributed by atoms with Crippen molar-refractivity contribution in [3.05, 3.63) is 40.0 Å². The van der Waals surface area contributed by atoms with E-state index in [-0.39, 0.29) is 0 Å². The molecule has 5 heteroatoms. The molecule has 0 amide bonds. The van der Waals surface area contributed by atoms with Crippen molar-refractivity contribution in [3.63, 3.8) is 0 Å². The van der Waals surface area contributed by atoms with Crippen molar-refractivity contribution >= 4 is 22.6 Å². The van der Waals surface area contributed by atoms with E-state index in [0.717, 1.165) is 28.1 Å². The summed E-state index contributed by atoms with van der Waals surface area (Å²) in [5.41, 5.74) is 0. The van der Waals surface area contributed by atoms with Gasteiger partial charge in [0, 0.05) is 10.1 Å². The molecule has 2 rings (SSSR count). The van der Waals surface area contributed by atoms with Gasteiger partial charge in [-0.1, -0.05) is 13.0 Å². The molecule has 0 aliphatic rings. The van der Waals surface area contributed by atoms with Crippen LogP contribution in [-0.4, -0.2) is 14.8 Å². The second kappa shape index (κ2) is 6.00. The maximum atomic E-state index is 5.69. The molecule has 0 aliphatic heterocycles. The van der Waals surface area contributed by atoms with Gasteiger partial charge in [0.05, 0.1) is 0 Å². The van der Waals surface area contributed by atoms with Crippen LogP contribution < -0.4 is 4.74 Å². The summed E-state index contributed by atoms with van der Waals surface area (Å²) in [7, 11) is 0. The van der Waals surface area contributed by atoms with E-state index in [1.54, 1.807) is 6.33 Å². The molecule has 0 unspecified atom stereocenters. The highest BCUT2D eigenvalue weighted by Crippen LogP contribution is 2.15. The first-order valence-electron chi connectivity index (χ1n) is 5.54. The molecule has 0 saturated heterocycles. The molecule has 0 fully saturated rings. The molecule has 0 atom stereocenters. The van der Waals surface area contributed by atoms with Gasteiger partial charge in [0.1, 0.15) is 18.7 Å². The van der Waals surface area contributed by atoms with Crippen LogP contribution in [0.3, 0.4) is 0 Å². The number of nitrogens with zero attached hydrogens (tertiary/aromatic N) is 3. The number of aryl methyl sites for hydroxylation is 1. The van der Waals surface area contributed by atoms with Gasteiger partial charge in [-0.25, -0.2) is 9.67 Å². The molecular weight excluding hydrogens is 329 g/mol. The van der Waals surface area contributed by atoms with Crippen molar-refractivity contribution in [2.45, 2.75) is 26.5 Å². The Morgan fingerprint density at radius 2 is 2.29 bits per heavy atom. The van der Waals surface area contributed by atoms with E-state index in [1.165, 1.54) is 0 Å². The van der Waals surface area contributed by atoms with Crippen LogP contribution in [0.15, 0.2) is 30.6 Å². The second-order valence-electron chi connectivity index (χ2n) is 3.65. The molecule has 1 aromatic heterocycles. The number of hydrogen-bond donors (Lipinski definition) is 0. The predicted octanol–water partition coefficient (Wildman–Crippen LogP) is 2.87. The third-order valence-corrected chi connectivity index (χ3v) is 2.97. The Balaban J connectivity index is 1.99. The molecule has 0 N–H and O–H groups in total. The number of rotatable bonds is 5. The summed E-state index contributed by atoms with van der Waals surface area (Å²) >= 11 is 2.27. The monoisotopic (exact) mass is 343 g/mol. The molecule has 2 aromatic rings. The molecule has 90 valence electrons. The average molecular weight is 343 g/mol. The van der Waals surface area contributed by atoms with Crippen LogP contribution in [0, 0.1) is 3.57 Å². The average Bonchev–Trinajstić information content (AvgIpc) is 2.75. The minimum absolute atomic E-state index is 0.458. The summed E-state index contributed by atoms with van der Waals surface area (Å²) in [6.07, 6.45) is 2.61. The molecule has 0 aliphatic carbocycles. The molecule has 1 aromatic carbocycles. The number of aromatic nitrogens is 3. The fourth-order valence-corrected chi connectivity index (χ4v) is 2.02. The zero-order valence-electron chi connectivity index (χ0n) is 9.64. The second-order valence-corrected chi connectivity index (χ2v) is 4.89. The van der Waals surface area contributed by atoms with Gasteiger partial charge in [0.15, 0.2) is 5.82 Å². The summed E-state index contributed by atoms with van der Waals surface area (Å²) < 4.78 is 8.74. The van der Waals surface area contributed by atoms with Crippen LogP contribution in [0.25, 0.3) is 0 Å². The van der Waals surface area contributed by atoms with Crippen molar-refractivity contribution in [1.29, 1.82) is 0 Å². The lowest BCUT2D eigenvalue weighted by molar-refractivity contribution is 0.286. The van der Waals surface area contributed by atoms with Gasteiger partial charge in [0.25, 0.3) is 0 Å². The number of ether oxygens (including phenoxy) is 1. The normalized spacial score (nSPS) is 10.5. The van der Waals surface area contributed by atoms with Crippen LogP contribution in [0.2, 0.25) is 0 Å². The summed E-state index contributed by atoms with van der Waals surface area (Å²) in [4.78, 5) is 4.20. The van der Waals surface area contributed by atoms with E-state index in [9.17, 15) is 0 Å². The van der Waals surface area contributed by atoms with Gasteiger partial charge in [0.2, 0.25) is 0 Å². The summed E-state index contributed by atoms with van der Waals surface area (Å²) in [5, 5.41) is 4.16. The van der Waals surface area contributed by atoms with Crippen LogP contribution in [0.1, 0.15) is 19.2 Å². The molecule has 17 heavy (non-hydrogen) atoms. The Labute approximate surface area is 114 Å². The fourth-order valence-electron chi connectivity index (χ4n) is 1.50. The molecule has 0 radical (unpaired) electrons.